The second kappa shape index (κ2) is 3.87. The second-order valence-corrected chi connectivity index (χ2v) is 2.67. The molecule has 5 heteroatoms. The van der Waals surface area contributed by atoms with Gasteiger partial charge in [0, 0.05) is 13.1 Å². The minimum absolute atomic E-state index is 0.0469. The fourth-order valence-corrected chi connectivity index (χ4v) is 1.11. The van der Waals surface area contributed by atoms with E-state index < -0.39 is 5.63 Å². The van der Waals surface area contributed by atoms with E-state index in [0.29, 0.717) is 5.56 Å². The number of aryl methyl sites for hydroxylation is 1. The van der Waals surface area contributed by atoms with Crippen molar-refractivity contribution < 1.29 is 9.21 Å². The molecule has 14 heavy (non-hydrogen) atoms. The van der Waals surface area contributed by atoms with Crippen LogP contribution in [0.15, 0.2) is 20.3 Å². The number of rotatable bonds is 2. The Labute approximate surface area is 80.5 Å². The molecule has 0 spiro atoms. The summed E-state index contributed by atoms with van der Waals surface area (Å²) in [5, 5.41) is 2.43. The molecule has 1 aromatic rings. The van der Waals surface area contributed by atoms with Gasteiger partial charge in [-0.3, -0.25) is 4.79 Å². The van der Waals surface area contributed by atoms with Crippen molar-refractivity contribution in [3.63, 3.8) is 0 Å². The summed E-state index contributed by atoms with van der Waals surface area (Å²) in [5.41, 5.74) is 0.211. The Morgan fingerprint density at radius 3 is 2.79 bits per heavy atom. The Hall–Kier alpha value is -1.91. The number of hydrogen-bond acceptors (Lipinski definition) is 4. The van der Waals surface area contributed by atoms with E-state index in [-0.39, 0.29) is 17.4 Å². The Morgan fingerprint density at radius 2 is 2.29 bits per heavy atom. The van der Waals surface area contributed by atoms with E-state index in [1.54, 1.807) is 6.92 Å². The van der Waals surface area contributed by atoms with Gasteiger partial charge in [-0.1, -0.05) is 0 Å². The lowest BCUT2D eigenvalue weighted by Gasteiger charge is -2.04. The highest BCUT2D eigenvalue weighted by atomic mass is 16.4. The van der Waals surface area contributed by atoms with Gasteiger partial charge in [-0.25, -0.2) is 9.79 Å². The van der Waals surface area contributed by atoms with E-state index in [1.807, 2.05) is 0 Å². The van der Waals surface area contributed by atoms with Crippen LogP contribution in [-0.4, -0.2) is 19.7 Å². The van der Waals surface area contributed by atoms with Crippen LogP contribution in [0.2, 0.25) is 0 Å². The molecule has 5 nitrogen and oxygen atoms in total. The molecule has 1 rings (SSSR count). The quantitative estimate of drug-likeness (QED) is 0.702. The second-order valence-electron chi connectivity index (χ2n) is 2.67. The zero-order chi connectivity index (χ0) is 10.7. The summed E-state index contributed by atoms with van der Waals surface area (Å²) >= 11 is 0. The Morgan fingerprint density at radius 1 is 1.64 bits per heavy atom. The Kier molecular flexibility index (Phi) is 2.81. The molecule has 0 aromatic carbocycles. The molecule has 0 aliphatic rings. The fraction of sp³-hybridized carbons (Fsp3) is 0.222. The predicted molar refractivity (Wildman–Crippen MR) is 52.3 cm³/mol. The molecule has 0 aliphatic carbocycles. The molecule has 0 unspecified atom stereocenters. The van der Waals surface area contributed by atoms with E-state index in [0.717, 1.165) is 0 Å². The molecule has 1 amide bonds. The summed E-state index contributed by atoms with van der Waals surface area (Å²) in [6.45, 7) is 4.86. The molecule has 0 saturated carbocycles. The maximum Gasteiger partial charge on any atom is 0.337 e. The highest BCUT2D eigenvalue weighted by Gasteiger charge is 2.15. The van der Waals surface area contributed by atoms with Gasteiger partial charge >= 0.3 is 5.63 Å². The van der Waals surface area contributed by atoms with Crippen molar-refractivity contribution in [1.82, 2.24) is 5.32 Å². The van der Waals surface area contributed by atoms with Crippen molar-refractivity contribution in [1.29, 1.82) is 0 Å². The molecule has 0 bridgehead atoms. The fourth-order valence-electron chi connectivity index (χ4n) is 1.11. The SMILES string of the molecule is C=Nc1oc(=O)cc(C)c1C(=O)NC. The summed E-state index contributed by atoms with van der Waals surface area (Å²) in [5.74, 6) is -0.400. The minimum Gasteiger partial charge on any atom is -0.403 e. The zero-order valence-corrected chi connectivity index (χ0v) is 7.96. The average molecular weight is 194 g/mol. The summed E-state index contributed by atoms with van der Waals surface area (Å²) in [7, 11) is 1.49. The van der Waals surface area contributed by atoms with Gasteiger partial charge < -0.3 is 9.73 Å². The lowest BCUT2D eigenvalue weighted by atomic mass is 10.1. The molecule has 1 heterocycles. The number of amides is 1. The molecular weight excluding hydrogens is 184 g/mol. The van der Waals surface area contributed by atoms with E-state index >= 15 is 0 Å². The first-order chi connectivity index (χ1) is 6.60. The van der Waals surface area contributed by atoms with Crippen LogP contribution in [0.25, 0.3) is 0 Å². The van der Waals surface area contributed by atoms with Crippen molar-refractivity contribution in [3.05, 3.63) is 27.6 Å². The van der Waals surface area contributed by atoms with E-state index in [4.69, 9.17) is 4.42 Å². The monoisotopic (exact) mass is 194 g/mol. The first-order valence-electron chi connectivity index (χ1n) is 3.93. The van der Waals surface area contributed by atoms with Gasteiger partial charge in [0.15, 0.2) is 0 Å². The van der Waals surface area contributed by atoms with Crippen LogP contribution in [0.4, 0.5) is 5.88 Å². The zero-order valence-electron chi connectivity index (χ0n) is 7.96. The molecule has 0 fully saturated rings. The van der Waals surface area contributed by atoms with Crippen LogP contribution in [0, 0.1) is 6.92 Å². The molecule has 0 atom stereocenters. The molecule has 74 valence electrons. The van der Waals surface area contributed by atoms with E-state index in [9.17, 15) is 9.59 Å². The molecule has 0 saturated heterocycles. The molecule has 0 radical (unpaired) electrons. The van der Waals surface area contributed by atoms with Gasteiger partial charge in [-0.15, -0.1) is 0 Å². The van der Waals surface area contributed by atoms with Crippen molar-refractivity contribution >= 4 is 18.5 Å². The third-order valence-corrected chi connectivity index (χ3v) is 1.74. The molecule has 1 aromatic heterocycles. The Bertz CT molecular complexity index is 434. The Balaban J connectivity index is 3.47. The smallest absolute Gasteiger partial charge is 0.337 e. The number of nitrogens with one attached hydrogen (secondary N) is 1. The van der Waals surface area contributed by atoms with Gasteiger partial charge in [0.2, 0.25) is 5.88 Å². The third kappa shape index (κ3) is 1.71. The van der Waals surface area contributed by atoms with Gasteiger partial charge in [0.05, 0.1) is 0 Å². The third-order valence-electron chi connectivity index (χ3n) is 1.74. The van der Waals surface area contributed by atoms with Crippen LogP contribution in [-0.2, 0) is 0 Å². The van der Waals surface area contributed by atoms with Gasteiger partial charge in [-0.05, 0) is 19.2 Å². The molecule has 1 N–H and O–H groups in total. The first kappa shape index (κ1) is 10.2. The highest BCUT2D eigenvalue weighted by molar-refractivity contribution is 5.99. The van der Waals surface area contributed by atoms with Gasteiger partial charge in [0.25, 0.3) is 5.91 Å². The molecule has 0 aliphatic heterocycles. The normalized spacial score (nSPS) is 9.57. The van der Waals surface area contributed by atoms with Crippen LogP contribution >= 0.6 is 0 Å². The molecular formula is C9H10N2O3. The number of carbonyl (C=O) groups excluding carboxylic acids is 1. The van der Waals surface area contributed by atoms with Crippen molar-refractivity contribution in [3.8, 4) is 0 Å². The van der Waals surface area contributed by atoms with Crippen LogP contribution in [0.5, 0.6) is 0 Å². The summed E-state index contributed by atoms with van der Waals surface area (Å²) in [6.07, 6.45) is 0. The first-order valence-corrected chi connectivity index (χ1v) is 3.93. The lowest BCUT2D eigenvalue weighted by molar-refractivity contribution is 0.0961. The predicted octanol–water partition coefficient (Wildman–Crippen LogP) is 0.640. The number of nitrogens with zero attached hydrogens (tertiary/aromatic N) is 1. The number of aliphatic imine (C=N–C) groups is 1. The van der Waals surface area contributed by atoms with Crippen LogP contribution < -0.4 is 10.9 Å². The van der Waals surface area contributed by atoms with Gasteiger partial charge in [-0.2, -0.15) is 0 Å². The van der Waals surface area contributed by atoms with Gasteiger partial charge in [0.1, 0.15) is 5.56 Å². The minimum atomic E-state index is -0.544. The topological polar surface area (TPSA) is 71.7 Å². The highest BCUT2D eigenvalue weighted by Crippen LogP contribution is 2.19. The average Bonchev–Trinajstić information content (AvgIpc) is 2.15. The van der Waals surface area contributed by atoms with Crippen LogP contribution in [0.3, 0.4) is 0 Å². The standard InChI is InChI=1S/C9H10N2O3/c1-5-4-6(12)14-9(11-3)7(5)8(13)10-2/h4H,3H2,1-2H3,(H,10,13). The van der Waals surface area contributed by atoms with Crippen molar-refractivity contribution in [2.75, 3.05) is 7.05 Å². The number of hydrogen-bond donors (Lipinski definition) is 1. The van der Waals surface area contributed by atoms with Crippen LogP contribution in [0.1, 0.15) is 15.9 Å². The van der Waals surface area contributed by atoms with Crippen molar-refractivity contribution in [2.24, 2.45) is 4.99 Å². The van der Waals surface area contributed by atoms with E-state index in [1.165, 1.54) is 13.1 Å². The summed E-state index contributed by atoms with van der Waals surface area (Å²) in [6, 6.07) is 1.24. The lowest BCUT2D eigenvalue weighted by Crippen LogP contribution is -2.20. The maximum atomic E-state index is 11.4. The summed E-state index contributed by atoms with van der Waals surface area (Å²) < 4.78 is 4.72. The summed E-state index contributed by atoms with van der Waals surface area (Å²) in [4.78, 5) is 25.8. The van der Waals surface area contributed by atoms with Crippen molar-refractivity contribution in [2.45, 2.75) is 6.92 Å². The number of carbonyl (C=O) groups is 1. The largest absolute Gasteiger partial charge is 0.403 e. The maximum absolute atomic E-state index is 11.4. The van der Waals surface area contributed by atoms with E-state index in [2.05, 4.69) is 17.0 Å².